The van der Waals surface area contributed by atoms with E-state index in [1.807, 2.05) is 0 Å². The van der Waals surface area contributed by atoms with Crippen molar-refractivity contribution >= 4 is 10.8 Å². The molecule has 1 aliphatic heterocycles. The van der Waals surface area contributed by atoms with Gasteiger partial charge in [-0.3, -0.25) is 4.90 Å². The fourth-order valence-corrected chi connectivity index (χ4v) is 3.08. The van der Waals surface area contributed by atoms with E-state index in [-0.39, 0.29) is 0 Å². The van der Waals surface area contributed by atoms with Crippen LogP contribution in [0.4, 0.5) is 0 Å². The monoisotopic (exact) mass is 283 g/mol. The number of benzene rings is 2. The summed E-state index contributed by atoms with van der Waals surface area (Å²) >= 11 is 0. The number of piperazine rings is 1. The van der Waals surface area contributed by atoms with Gasteiger partial charge in [0.15, 0.2) is 0 Å². The number of hydrogen-bond donors (Lipinski definition) is 1. The molecule has 1 atom stereocenters. The van der Waals surface area contributed by atoms with E-state index in [4.69, 9.17) is 0 Å². The van der Waals surface area contributed by atoms with Crippen molar-refractivity contribution in [3.05, 3.63) is 48.0 Å². The van der Waals surface area contributed by atoms with Gasteiger partial charge in [-0.15, -0.1) is 0 Å². The molecular formula is C18H25N3. The molecule has 0 saturated carbocycles. The Labute approximate surface area is 127 Å². The third kappa shape index (κ3) is 3.43. The maximum absolute atomic E-state index is 3.49. The van der Waals surface area contributed by atoms with E-state index in [2.05, 4.69) is 71.7 Å². The van der Waals surface area contributed by atoms with Crippen molar-refractivity contribution in [1.82, 2.24) is 15.1 Å². The predicted octanol–water partition coefficient (Wildman–Crippen LogP) is 2.35. The molecule has 0 aromatic heterocycles. The SMILES string of the molecule is CNC(CN1CCN(C)CC1)c1ccc2ccccc2c1. The Morgan fingerprint density at radius 2 is 1.71 bits per heavy atom. The normalized spacial score (nSPS) is 19.0. The largest absolute Gasteiger partial charge is 0.312 e. The van der Waals surface area contributed by atoms with Crippen LogP contribution in [0.1, 0.15) is 11.6 Å². The maximum atomic E-state index is 3.49. The van der Waals surface area contributed by atoms with Gasteiger partial charge < -0.3 is 10.2 Å². The summed E-state index contributed by atoms with van der Waals surface area (Å²) in [5.74, 6) is 0. The van der Waals surface area contributed by atoms with Crippen molar-refractivity contribution < 1.29 is 0 Å². The summed E-state index contributed by atoms with van der Waals surface area (Å²) in [5, 5.41) is 6.13. The van der Waals surface area contributed by atoms with Gasteiger partial charge in [0.05, 0.1) is 0 Å². The van der Waals surface area contributed by atoms with Gasteiger partial charge >= 0.3 is 0 Å². The number of likely N-dealkylation sites (N-methyl/N-ethyl adjacent to an activating group) is 2. The molecule has 1 aliphatic rings. The van der Waals surface area contributed by atoms with Crippen LogP contribution in [0, 0.1) is 0 Å². The Morgan fingerprint density at radius 1 is 1.00 bits per heavy atom. The van der Waals surface area contributed by atoms with Crippen molar-refractivity contribution in [2.45, 2.75) is 6.04 Å². The van der Waals surface area contributed by atoms with Crippen LogP contribution in [0.3, 0.4) is 0 Å². The smallest absolute Gasteiger partial charge is 0.0447 e. The molecule has 2 aromatic carbocycles. The molecule has 1 unspecified atom stereocenters. The Bertz CT molecular complexity index is 588. The summed E-state index contributed by atoms with van der Waals surface area (Å²) in [6.07, 6.45) is 0. The Balaban J connectivity index is 1.74. The number of nitrogens with one attached hydrogen (secondary N) is 1. The van der Waals surface area contributed by atoms with Crippen LogP contribution in [0.25, 0.3) is 10.8 Å². The summed E-state index contributed by atoms with van der Waals surface area (Å²) in [7, 11) is 4.27. The molecule has 0 amide bonds. The van der Waals surface area contributed by atoms with Gasteiger partial charge in [0.1, 0.15) is 0 Å². The lowest BCUT2D eigenvalue weighted by Gasteiger charge is -2.34. The summed E-state index contributed by atoms with van der Waals surface area (Å²) < 4.78 is 0. The average Bonchev–Trinajstić information content (AvgIpc) is 2.54. The molecule has 21 heavy (non-hydrogen) atoms. The topological polar surface area (TPSA) is 18.5 Å². The van der Waals surface area contributed by atoms with Gasteiger partial charge in [0.2, 0.25) is 0 Å². The molecule has 0 aliphatic carbocycles. The van der Waals surface area contributed by atoms with E-state index in [1.165, 1.54) is 42.5 Å². The van der Waals surface area contributed by atoms with Gasteiger partial charge in [0, 0.05) is 38.8 Å². The summed E-state index contributed by atoms with van der Waals surface area (Å²) in [4.78, 5) is 4.97. The highest BCUT2D eigenvalue weighted by Crippen LogP contribution is 2.21. The molecule has 1 fully saturated rings. The van der Waals surface area contributed by atoms with Crippen LogP contribution < -0.4 is 5.32 Å². The molecule has 112 valence electrons. The summed E-state index contributed by atoms with van der Waals surface area (Å²) in [6.45, 7) is 5.77. The lowest BCUT2D eigenvalue weighted by atomic mass is 10.0. The maximum Gasteiger partial charge on any atom is 0.0447 e. The molecule has 0 bridgehead atoms. The van der Waals surface area contributed by atoms with Gasteiger partial charge in [-0.05, 0) is 36.5 Å². The van der Waals surface area contributed by atoms with Crippen LogP contribution >= 0.6 is 0 Å². The van der Waals surface area contributed by atoms with Crippen LogP contribution in [-0.4, -0.2) is 56.6 Å². The van der Waals surface area contributed by atoms with Crippen LogP contribution in [-0.2, 0) is 0 Å². The molecule has 2 aromatic rings. The van der Waals surface area contributed by atoms with Crippen molar-refractivity contribution in [1.29, 1.82) is 0 Å². The first kappa shape index (κ1) is 14.5. The highest BCUT2D eigenvalue weighted by atomic mass is 15.3. The minimum absolute atomic E-state index is 0.401. The van der Waals surface area contributed by atoms with Gasteiger partial charge in [-0.2, -0.15) is 0 Å². The fourth-order valence-electron chi connectivity index (χ4n) is 3.08. The van der Waals surface area contributed by atoms with Gasteiger partial charge in [0.25, 0.3) is 0 Å². The van der Waals surface area contributed by atoms with Crippen molar-refractivity contribution in [3.8, 4) is 0 Å². The standard InChI is InChI=1S/C18H25N3/c1-19-18(14-21-11-9-20(2)10-12-21)17-8-7-15-5-3-4-6-16(15)13-17/h3-8,13,18-19H,9-12,14H2,1-2H3. The second-order valence-electron chi connectivity index (χ2n) is 6.05. The first-order chi connectivity index (χ1) is 10.3. The second-order valence-corrected chi connectivity index (χ2v) is 6.05. The molecular weight excluding hydrogens is 258 g/mol. The van der Waals surface area contributed by atoms with E-state index in [0.29, 0.717) is 6.04 Å². The number of hydrogen-bond acceptors (Lipinski definition) is 3. The van der Waals surface area contributed by atoms with E-state index in [9.17, 15) is 0 Å². The molecule has 1 N–H and O–H groups in total. The number of nitrogens with zero attached hydrogens (tertiary/aromatic N) is 2. The van der Waals surface area contributed by atoms with Gasteiger partial charge in [-0.1, -0.05) is 36.4 Å². The van der Waals surface area contributed by atoms with Crippen LogP contribution in [0.2, 0.25) is 0 Å². The molecule has 3 rings (SSSR count). The third-order valence-corrected chi connectivity index (χ3v) is 4.56. The molecule has 3 heteroatoms. The lowest BCUT2D eigenvalue weighted by Crippen LogP contribution is -2.47. The Hall–Kier alpha value is -1.42. The van der Waals surface area contributed by atoms with Crippen LogP contribution in [0.15, 0.2) is 42.5 Å². The summed E-state index contributed by atoms with van der Waals surface area (Å²) in [6, 6.07) is 15.8. The number of rotatable bonds is 4. The summed E-state index contributed by atoms with van der Waals surface area (Å²) in [5.41, 5.74) is 1.38. The average molecular weight is 283 g/mol. The van der Waals surface area contributed by atoms with Crippen molar-refractivity contribution in [2.75, 3.05) is 46.8 Å². The predicted molar refractivity (Wildman–Crippen MR) is 89.7 cm³/mol. The fraction of sp³-hybridized carbons (Fsp3) is 0.444. The van der Waals surface area contributed by atoms with Gasteiger partial charge in [-0.25, -0.2) is 0 Å². The molecule has 1 saturated heterocycles. The van der Waals surface area contributed by atoms with E-state index in [0.717, 1.165) is 6.54 Å². The quantitative estimate of drug-likeness (QED) is 0.929. The highest BCUT2D eigenvalue weighted by molar-refractivity contribution is 5.83. The van der Waals surface area contributed by atoms with Crippen LogP contribution in [0.5, 0.6) is 0 Å². The van der Waals surface area contributed by atoms with E-state index < -0.39 is 0 Å². The van der Waals surface area contributed by atoms with E-state index >= 15 is 0 Å². The van der Waals surface area contributed by atoms with E-state index in [1.54, 1.807) is 0 Å². The first-order valence-corrected chi connectivity index (χ1v) is 7.83. The molecule has 1 heterocycles. The second kappa shape index (κ2) is 6.56. The zero-order valence-electron chi connectivity index (χ0n) is 13.0. The minimum Gasteiger partial charge on any atom is -0.312 e. The third-order valence-electron chi connectivity index (χ3n) is 4.56. The Kier molecular flexibility index (Phi) is 4.54. The first-order valence-electron chi connectivity index (χ1n) is 7.83. The molecule has 0 radical (unpaired) electrons. The van der Waals surface area contributed by atoms with Crippen molar-refractivity contribution in [3.63, 3.8) is 0 Å². The lowest BCUT2D eigenvalue weighted by molar-refractivity contribution is 0.143. The zero-order chi connectivity index (χ0) is 14.7. The minimum atomic E-state index is 0.401. The molecule has 0 spiro atoms. The highest BCUT2D eigenvalue weighted by Gasteiger charge is 2.18. The number of fused-ring (bicyclic) bond motifs is 1. The van der Waals surface area contributed by atoms with Crippen molar-refractivity contribution in [2.24, 2.45) is 0 Å². The molecule has 3 nitrogen and oxygen atoms in total. The Morgan fingerprint density at radius 3 is 2.43 bits per heavy atom. The zero-order valence-corrected chi connectivity index (χ0v) is 13.0.